The molecule has 2 aromatic rings. The lowest BCUT2D eigenvalue weighted by atomic mass is 10.1. The van der Waals surface area contributed by atoms with Crippen LogP contribution in [0.1, 0.15) is 22.1 Å². The number of aromatic amines is 1. The lowest BCUT2D eigenvalue weighted by Crippen LogP contribution is -2.12. The number of carbonyl (C=O) groups excluding carboxylic acids is 1. The summed E-state index contributed by atoms with van der Waals surface area (Å²) < 4.78 is 0. The van der Waals surface area contributed by atoms with E-state index in [0.717, 1.165) is 16.8 Å². The molecule has 92 valence electrons. The van der Waals surface area contributed by atoms with Gasteiger partial charge in [-0.15, -0.1) is 11.8 Å². The first-order chi connectivity index (χ1) is 8.75. The summed E-state index contributed by atoms with van der Waals surface area (Å²) in [5, 5.41) is 9.99. The lowest BCUT2D eigenvalue weighted by Gasteiger charge is -2.14. The normalized spacial score (nSPS) is 18.9. The van der Waals surface area contributed by atoms with E-state index in [1.54, 1.807) is 18.0 Å². The number of nitrogens with zero attached hydrogens (tertiary/aromatic N) is 2. The van der Waals surface area contributed by atoms with Gasteiger partial charge in [0.15, 0.2) is 5.82 Å². The SMILES string of the molecule is Cc1[nH]nc2c1C(c1cccnc1)SCC(=O)N2. The van der Waals surface area contributed by atoms with Crippen LogP contribution in [0.5, 0.6) is 0 Å². The molecule has 1 unspecified atom stereocenters. The van der Waals surface area contributed by atoms with Crippen molar-refractivity contribution in [3.8, 4) is 0 Å². The number of hydrogen-bond donors (Lipinski definition) is 2. The maximum Gasteiger partial charge on any atom is 0.235 e. The Morgan fingerprint density at radius 3 is 3.17 bits per heavy atom. The molecular weight excluding hydrogens is 248 g/mol. The Bertz CT molecular complexity index is 581. The highest BCUT2D eigenvalue weighted by Gasteiger charge is 2.27. The van der Waals surface area contributed by atoms with Crippen LogP contribution in [0.3, 0.4) is 0 Å². The number of rotatable bonds is 1. The number of fused-ring (bicyclic) bond motifs is 1. The van der Waals surface area contributed by atoms with Crippen molar-refractivity contribution in [3.05, 3.63) is 41.3 Å². The summed E-state index contributed by atoms with van der Waals surface area (Å²) in [6.45, 7) is 1.97. The summed E-state index contributed by atoms with van der Waals surface area (Å²) >= 11 is 1.59. The largest absolute Gasteiger partial charge is 0.308 e. The number of anilines is 1. The van der Waals surface area contributed by atoms with Crippen LogP contribution in [0, 0.1) is 6.92 Å². The van der Waals surface area contributed by atoms with E-state index in [2.05, 4.69) is 20.5 Å². The molecule has 0 aliphatic carbocycles. The fourth-order valence-electron chi connectivity index (χ4n) is 2.06. The van der Waals surface area contributed by atoms with E-state index >= 15 is 0 Å². The third-order valence-corrected chi connectivity index (χ3v) is 4.15. The van der Waals surface area contributed by atoms with E-state index in [9.17, 15) is 4.79 Å². The average Bonchev–Trinajstić information content (AvgIpc) is 2.65. The Morgan fingerprint density at radius 1 is 1.50 bits per heavy atom. The summed E-state index contributed by atoms with van der Waals surface area (Å²) in [4.78, 5) is 15.8. The van der Waals surface area contributed by atoms with E-state index in [-0.39, 0.29) is 11.2 Å². The maximum atomic E-state index is 11.6. The van der Waals surface area contributed by atoms with Gasteiger partial charge in [-0.1, -0.05) is 6.07 Å². The van der Waals surface area contributed by atoms with Gasteiger partial charge in [-0.3, -0.25) is 14.9 Å². The fourth-order valence-corrected chi connectivity index (χ4v) is 3.24. The van der Waals surface area contributed by atoms with Crippen molar-refractivity contribution < 1.29 is 4.79 Å². The van der Waals surface area contributed by atoms with Crippen LogP contribution in [-0.2, 0) is 4.79 Å². The van der Waals surface area contributed by atoms with Crippen molar-refractivity contribution in [2.24, 2.45) is 0 Å². The molecule has 2 N–H and O–H groups in total. The molecule has 1 aliphatic heterocycles. The molecule has 3 heterocycles. The van der Waals surface area contributed by atoms with Crippen molar-refractivity contribution in [1.82, 2.24) is 15.2 Å². The Labute approximate surface area is 108 Å². The van der Waals surface area contributed by atoms with Gasteiger partial charge in [-0.05, 0) is 18.6 Å². The van der Waals surface area contributed by atoms with Crippen LogP contribution >= 0.6 is 11.8 Å². The molecule has 6 heteroatoms. The second kappa shape index (κ2) is 4.45. The van der Waals surface area contributed by atoms with Crippen molar-refractivity contribution in [2.75, 3.05) is 11.1 Å². The minimum atomic E-state index is -0.0147. The van der Waals surface area contributed by atoms with E-state index in [1.807, 2.05) is 25.3 Å². The molecule has 1 atom stereocenters. The molecule has 1 amide bonds. The van der Waals surface area contributed by atoms with Gasteiger partial charge in [0, 0.05) is 23.7 Å². The second-order valence-electron chi connectivity index (χ2n) is 4.14. The van der Waals surface area contributed by atoms with Crippen molar-refractivity contribution >= 4 is 23.5 Å². The molecular formula is C12H12N4OS. The number of aryl methyl sites for hydroxylation is 1. The molecule has 0 fully saturated rings. The van der Waals surface area contributed by atoms with Gasteiger partial charge in [-0.25, -0.2) is 0 Å². The average molecular weight is 260 g/mol. The minimum Gasteiger partial charge on any atom is -0.308 e. The topological polar surface area (TPSA) is 70.7 Å². The number of H-pyrrole nitrogens is 1. The Balaban J connectivity index is 2.10. The van der Waals surface area contributed by atoms with Gasteiger partial charge in [0.2, 0.25) is 5.91 Å². The third kappa shape index (κ3) is 1.88. The highest BCUT2D eigenvalue weighted by molar-refractivity contribution is 8.00. The van der Waals surface area contributed by atoms with Crippen LogP contribution in [0.15, 0.2) is 24.5 Å². The molecule has 0 radical (unpaired) electrons. The number of hydrogen-bond acceptors (Lipinski definition) is 4. The highest BCUT2D eigenvalue weighted by atomic mass is 32.2. The molecule has 0 saturated carbocycles. The number of carbonyl (C=O) groups is 1. The molecule has 18 heavy (non-hydrogen) atoms. The molecule has 0 bridgehead atoms. The zero-order valence-corrected chi connectivity index (χ0v) is 10.6. The van der Waals surface area contributed by atoms with Crippen LogP contribution in [0.4, 0.5) is 5.82 Å². The van der Waals surface area contributed by atoms with E-state index in [4.69, 9.17) is 0 Å². The smallest absolute Gasteiger partial charge is 0.235 e. The lowest BCUT2D eigenvalue weighted by molar-refractivity contribution is -0.113. The van der Waals surface area contributed by atoms with Crippen LogP contribution in [0.2, 0.25) is 0 Å². The number of amides is 1. The van der Waals surface area contributed by atoms with Crippen LogP contribution < -0.4 is 5.32 Å². The number of pyridine rings is 1. The molecule has 5 nitrogen and oxygen atoms in total. The zero-order chi connectivity index (χ0) is 12.5. The van der Waals surface area contributed by atoms with Crippen molar-refractivity contribution in [3.63, 3.8) is 0 Å². The van der Waals surface area contributed by atoms with Gasteiger partial charge < -0.3 is 5.32 Å². The van der Waals surface area contributed by atoms with Gasteiger partial charge in [-0.2, -0.15) is 5.10 Å². The molecule has 3 rings (SSSR count). The standard InChI is InChI=1S/C12H12N4OS/c1-7-10-11(8-3-2-4-13-5-8)18-6-9(17)14-12(10)16-15-7/h2-5,11H,6H2,1H3,(H2,14,15,16,17). The Hall–Kier alpha value is -1.82. The first kappa shape index (κ1) is 11.3. The number of aromatic nitrogens is 3. The summed E-state index contributed by atoms with van der Waals surface area (Å²) in [6.07, 6.45) is 3.58. The predicted molar refractivity (Wildman–Crippen MR) is 70.5 cm³/mol. The van der Waals surface area contributed by atoms with Gasteiger partial charge in [0.1, 0.15) is 0 Å². The zero-order valence-electron chi connectivity index (χ0n) is 9.80. The van der Waals surface area contributed by atoms with Crippen LogP contribution in [-0.4, -0.2) is 26.8 Å². The highest BCUT2D eigenvalue weighted by Crippen LogP contribution is 2.41. The fraction of sp³-hybridized carbons (Fsp3) is 0.250. The monoisotopic (exact) mass is 260 g/mol. The van der Waals surface area contributed by atoms with Crippen molar-refractivity contribution in [1.29, 1.82) is 0 Å². The van der Waals surface area contributed by atoms with Crippen molar-refractivity contribution in [2.45, 2.75) is 12.2 Å². The summed E-state index contributed by atoms with van der Waals surface area (Å²) in [7, 11) is 0. The summed E-state index contributed by atoms with van der Waals surface area (Å²) in [6, 6.07) is 3.93. The summed E-state index contributed by atoms with van der Waals surface area (Å²) in [5.74, 6) is 1.05. The summed E-state index contributed by atoms with van der Waals surface area (Å²) in [5.41, 5.74) is 3.11. The van der Waals surface area contributed by atoms with Gasteiger partial charge >= 0.3 is 0 Å². The second-order valence-corrected chi connectivity index (χ2v) is 5.23. The Kier molecular flexibility index (Phi) is 2.79. The molecule has 1 aliphatic rings. The molecule has 2 aromatic heterocycles. The number of thioether (sulfide) groups is 1. The maximum absolute atomic E-state index is 11.6. The van der Waals surface area contributed by atoms with E-state index < -0.39 is 0 Å². The first-order valence-electron chi connectivity index (χ1n) is 5.62. The molecule has 0 saturated heterocycles. The van der Waals surface area contributed by atoms with Gasteiger partial charge in [0.05, 0.1) is 11.0 Å². The van der Waals surface area contributed by atoms with Crippen LogP contribution in [0.25, 0.3) is 0 Å². The molecule has 0 spiro atoms. The van der Waals surface area contributed by atoms with E-state index in [0.29, 0.717) is 11.6 Å². The third-order valence-electron chi connectivity index (χ3n) is 2.88. The quantitative estimate of drug-likeness (QED) is 0.821. The predicted octanol–water partition coefficient (Wildman–Crippen LogP) is 1.89. The Morgan fingerprint density at radius 2 is 2.39 bits per heavy atom. The first-order valence-corrected chi connectivity index (χ1v) is 6.67. The van der Waals surface area contributed by atoms with E-state index in [1.165, 1.54) is 0 Å². The number of nitrogens with one attached hydrogen (secondary N) is 2. The molecule has 0 aromatic carbocycles. The minimum absolute atomic E-state index is 0.0147. The van der Waals surface area contributed by atoms with Gasteiger partial charge in [0.25, 0.3) is 0 Å².